The second-order valence-electron chi connectivity index (χ2n) is 5.20. The first-order valence-corrected chi connectivity index (χ1v) is 7.74. The Bertz CT molecular complexity index is 811. The van der Waals surface area contributed by atoms with Gasteiger partial charge in [0.2, 0.25) is 0 Å². The molecule has 132 valence electrons. The third kappa shape index (κ3) is 4.03. The van der Waals surface area contributed by atoms with E-state index >= 15 is 0 Å². The Labute approximate surface area is 149 Å². The van der Waals surface area contributed by atoms with Crippen LogP contribution in [-0.2, 0) is 9.47 Å². The molecule has 0 spiro atoms. The lowest BCUT2D eigenvalue weighted by Gasteiger charge is -2.13. The van der Waals surface area contributed by atoms with Crippen molar-refractivity contribution in [3.63, 3.8) is 0 Å². The third-order valence-electron chi connectivity index (χ3n) is 3.15. The molecule has 8 nitrogen and oxygen atoms in total. The smallest absolute Gasteiger partial charge is 0.342 e. The van der Waals surface area contributed by atoms with Crippen LogP contribution in [0, 0.1) is 0 Å². The van der Waals surface area contributed by atoms with Gasteiger partial charge < -0.3 is 14.8 Å². The van der Waals surface area contributed by atoms with Gasteiger partial charge in [0.05, 0.1) is 18.9 Å². The van der Waals surface area contributed by atoms with Gasteiger partial charge in [0.1, 0.15) is 28.4 Å². The predicted octanol–water partition coefficient (Wildman–Crippen LogP) is 2.59. The number of aromatic nitrogens is 3. The van der Waals surface area contributed by atoms with E-state index in [1.165, 1.54) is 25.7 Å². The summed E-state index contributed by atoms with van der Waals surface area (Å²) in [6, 6.07) is 1.46. The van der Waals surface area contributed by atoms with Crippen molar-refractivity contribution in [1.82, 2.24) is 15.0 Å². The molecule has 0 amide bonds. The molecule has 0 aliphatic carbocycles. The summed E-state index contributed by atoms with van der Waals surface area (Å²) in [5, 5.41) is 2.84. The van der Waals surface area contributed by atoms with Gasteiger partial charge >= 0.3 is 11.9 Å². The summed E-state index contributed by atoms with van der Waals surface area (Å²) >= 11 is 6.23. The zero-order valence-electron chi connectivity index (χ0n) is 14.2. The summed E-state index contributed by atoms with van der Waals surface area (Å²) < 4.78 is 9.95. The first-order chi connectivity index (χ1) is 11.9. The molecule has 25 heavy (non-hydrogen) atoms. The SMILES string of the molecule is CNc1nc(Cl)c(-c2ncncc2C(=O)OC(C)C)cc1C(=O)OC. The van der Waals surface area contributed by atoms with E-state index < -0.39 is 11.9 Å². The molecule has 0 fully saturated rings. The van der Waals surface area contributed by atoms with Crippen molar-refractivity contribution >= 4 is 29.4 Å². The summed E-state index contributed by atoms with van der Waals surface area (Å²) in [5.41, 5.74) is 0.782. The van der Waals surface area contributed by atoms with Gasteiger partial charge in [0.25, 0.3) is 0 Å². The van der Waals surface area contributed by atoms with Crippen molar-refractivity contribution in [1.29, 1.82) is 0 Å². The quantitative estimate of drug-likeness (QED) is 0.637. The number of hydrogen-bond acceptors (Lipinski definition) is 8. The fourth-order valence-electron chi connectivity index (χ4n) is 2.08. The van der Waals surface area contributed by atoms with Gasteiger partial charge in [-0.1, -0.05) is 11.6 Å². The Morgan fingerprint density at radius 3 is 2.56 bits per heavy atom. The topological polar surface area (TPSA) is 103 Å². The summed E-state index contributed by atoms with van der Waals surface area (Å²) in [6.45, 7) is 3.46. The molecular weight excluding hydrogens is 348 g/mol. The zero-order chi connectivity index (χ0) is 18.6. The average molecular weight is 365 g/mol. The molecule has 0 unspecified atom stereocenters. The highest BCUT2D eigenvalue weighted by atomic mass is 35.5. The minimum absolute atomic E-state index is 0.0642. The minimum Gasteiger partial charge on any atom is -0.465 e. The zero-order valence-corrected chi connectivity index (χ0v) is 14.9. The van der Waals surface area contributed by atoms with E-state index in [0.29, 0.717) is 5.56 Å². The van der Waals surface area contributed by atoms with Crippen LogP contribution in [0.2, 0.25) is 5.15 Å². The summed E-state index contributed by atoms with van der Waals surface area (Å²) in [4.78, 5) is 36.4. The Morgan fingerprint density at radius 2 is 1.96 bits per heavy atom. The molecule has 0 bridgehead atoms. The second kappa shape index (κ2) is 7.89. The fraction of sp³-hybridized carbons (Fsp3) is 0.312. The van der Waals surface area contributed by atoms with Gasteiger partial charge in [-0.15, -0.1) is 0 Å². The van der Waals surface area contributed by atoms with E-state index in [2.05, 4.69) is 20.3 Å². The molecule has 0 radical (unpaired) electrons. The number of rotatable bonds is 5. The number of ether oxygens (including phenoxy) is 2. The van der Waals surface area contributed by atoms with E-state index in [1.54, 1.807) is 20.9 Å². The molecule has 9 heteroatoms. The monoisotopic (exact) mass is 364 g/mol. The Balaban J connectivity index is 2.63. The highest BCUT2D eigenvalue weighted by molar-refractivity contribution is 6.32. The van der Waals surface area contributed by atoms with Crippen LogP contribution in [-0.4, -0.2) is 47.2 Å². The van der Waals surface area contributed by atoms with Crippen LogP contribution in [0.15, 0.2) is 18.6 Å². The van der Waals surface area contributed by atoms with E-state index in [9.17, 15) is 9.59 Å². The number of nitrogens with zero attached hydrogens (tertiary/aromatic N) is 3. The molecular formula is C16H17ClN4O4. The molecule has 2 heterocycles. The molecule has 0 aliphatic rings. The Kier molecular flexibility index (Phi) is 5.87. The molecule has 2 aromatic rings. The minimum atomic E-state index is -0.602. The number of carbonyl (C=O) groups excluding carboxylic acids is 2. The van der Waals surface area contributed by atoms with E-state index in [-0.39, 0.29) is 33.9 Å². The number of nitrogens with one attached hydrogen (secondary N) is 1. The molecule has 1 N–H and O–H groups in total. The largest absolute Gasteiger partial charge is 0.465 e. The molecule has 0 saturated heterocycles. The van der Waals surface area contributed by atoms with E-state index in [4.69, 9.17) is 21.1 Å². The Morgan fingerprint density at radius 1 is 1.24 bits per heavy atom. The molecule has 0 atom stereocenters. The lowest BCUT2D eigenvalue weighted by atomic mass is 10.1. The number of halogens is 1. The van der Waals surface area contributed by atoms with Crippen LogP contribution < -0.4 is 5.32 Å². The number of esters is 2. The summed E-state index contributed by atoms with van der Waals surface area (Å²) in [7, 11) is 2.85. The van der Waals surface area contributed by atoms with Gasteiger partial charge in [-0.2, -0.15) is 0 Å². The van der Waals surface area contributed by atoms with Crippen LogP contribution in [0.5, 0.6) is 0 Å². The second-order valence-corrected chi connectivity index (χ2v) is 5.56. The van der Waals surface area contributed by atoms with Gasteiger partial charge in [-0.3, -0.25) is 0 Å². The molecule has 0 aromatic carbocycles. The van der Waals surface area contributed by atoms with Gasteiger partial charge in [-0.25, -0.2) is 24.5 Å². The van der Waals surface area contributed by atoms with Crippen LogP contribution >= 0.6 is 11.6 Å². The van der Waals surface area contributed by atoms with Crippen molar-refractivity contribution < 1.29 is 19.1 Å². The van der Waals surface area contributed by atoms with Crippen molar-refractivity contribution in [2.24, 2.45) is 0 Å². The standard InChI is InChI=1S/C16H17ClN4O4/c1-8(2)25-16(23)11-6-19-7-20-12(11)9-5-10(15(22)24-4)14(18-3)21-13(9)17/h5-8H,1-4H3,(H,18,21). The van der Waals surface area contributed by atoms with Crippen LogP contribution in [0.25, 0.3) is 11.3 Å². The molecule has 2 rings (SSSR count). The average Bonchev–Trinajstić information content (AvgIpc) is 2.60. The summed E-state index contributed by atoms with van der Waals surface area (Å²) in [5.74, 6) is -0.949. The maximum absolute atomic E-state index is 12.3. The Hall–Kier alpha value is -2.74. The summed E-state index contributed by atoms with van der Waals surface area (Å²) in [6.07, 6.45) is 2.28. The van der Waals surface area contributed by atoms with Crippen LogP contribution in [0.1, 0.15) is 34.6 Å². The molecule has 0 aliphatic heterocycles. The fourth-order valence-corrected chi connectivity index (χ4v) is 2.31. The predicted molar refractivity (Wildman–Crippen MR) is 91.7 cm³/mol. The van der Waals surface area contributed by atoms with Crippen LogP contribution in [0.4, 0.5) is 5.82 Å². The van der Waals surface area contributed by atoms with Gasteiger partial charge in [0, 0.05) is 18.8 Å². The maximum atomic E-state index is 12.3. The highest BCUT2D eigenvalue weighted by Crippen LogP contribution is 2.31. The van der Waals surface area contributed by atoms with Crippen molar-refractivity contribution in [2.45, 2.75) is 20.0 Å². The van der Waals surface area contributed by atoms with Crippen molar-refractivity contribution in [3.05, 3.63) is 34.9 Å². The number of hydrogen-bond donors (Lipinski definition) is 1. The number of methoxy groups -OCH3 is 1. The third-order valence-corrected chi connectivity index (χ3v) is 3.44. The van der Waals surface area contributed by atoms with Crippen LogP contribution in [0.3, 0.4) is 0 Å². The highest BCUT2D eigenvalue weighted by Gasteiger charge is 2.23. The maximum Gasteiger partial charge on any atom is 0.342 e. The van der Waals surface area contributed by atoms with E-state index in [0.717, 1.165) is 0 Å². The van der Waals surface area contributed by atoms with Crippen molar-refractivity contribution in [2.75, 3.05) is 19.5 Å². The lowest BCUT2D eigenvalue weighted by molar-refractivity contribution is 0.0377. The molecule has 2 aromatic heterocycles. The van der Waals surface area contributed by atoms with Gasteiger partial charge in [-0.05, 0) is 19.9 Å². The first kappa shape index (κ1) is 18.6. The first-order valence-electron chi connectivity index (χ1n) is 7.37. The number of carbonyl (C=O) groups is 2. The normalized spacial score (nSPS) is 10.5. The number of pyridine rings is 1. The van der Waals surface area contributed by atoms with Crippen molar-refractivity contribution in [3.8, 4) is 11.3 Å². The van der Waals surface area contributed by atoms with E-state index in [1.807, 2.05) is 0 Å². The lowest BCUT2D eigenvalue weighted by Crippen LogP contribution is -2.14. The molecule has 0 saturated carbocycles. The van der Waals surface area contributed by atoms with Gasteiger partial charge in [0.15, 0.2) is 0 Å². The number of anilines is 1.